The van der Waals surface area contributed by atoms with E-state index in [2.05, 4.69) is 39.9 Å². The van der Waals surface area contributed by atoms with E-state index < -0.39 is 23.5 Å². The van der Waals surface area contributed by atoms with Gasteiger partial charge < -0.3 is 20.5 Å². The minimum Gasteiger partial charge on any atom is -0.476 e. The average molecular weight is 494 g/mol. The topological polar surface area (TPSA) is 118 Å². The number of aromatic nitrogens is 1. The van der Waals surface area contributed by atoms with Crippen LogP contribution in [0.4, 0.5) is 4.79 Å². The summed E-state index contributed by atoms with van der Waals surface area (Å²) in [6.45, 7) is 5.42. The number of rotatable bonds is 8. The maximum Gasteiger partial charge on any atom is 0.407 e. The quantitative estimate of drug-likeness (QED) is 0.423. The van der Waals surface area contributed by atoms with Crippen molar-refractivity contribution in [2.24, 2.45) is 5.41 Å². The summed E-state index contributed by atoms with van der Waals surface area (Å²) in [5.74, 6) is -1.45. The summed E-state index contributed by atoms with van der Waals surface area (Å²) in [6, 6.07) is 15.7. The molecule has 1 aliphatic carbocycles. The number of carboxylic acid groups (broad SMARTS) is 1. The molecule has 2 aromatic carbocycles. The first kappa shape index (κ1) is 24.4. The third-order valence-electron chi connectivity index (χ3n) is 6.09. The van der Waals surface area contributed by atoms with E-state index in [0.717, 1.165) is 22.3 Å². The summed E-state index contributed by atoms with van der Waals surface area (Å²) in [5.41, 5.74) is 3.58. The van der Waals surface area contributed by atoms with Gasteiger partial charge in [-0.25, -0.2) is 14.6 Å². The minimum atomic E-state index is -1.11. The number of alkyl carbamates (subject to hydrolysis) is 1. The second kappa shape index (κ2) is 9.87. The number of aromatic carboxylic acids is 1. The Balaban J connectivity index is 1.31. The fourth-order valence-electron chi connectivity index (χ4n) is 4.06. The van der Waals surface area contributed by atoms with Crippen LogP contribution in [-0.2, 0) is 9.53 Å². The highest BCUT2D eigenvalue weighted by molar-refractivity contribution is 7.09. The number of benzene rings is 2. The maximum atomic E-state index is 12.8. The number of fused-ring (bicyclic) bond motifs is 3. The SMILES string of the molecule is CC(NC(=O)C(C)(C)CNC(=O)OCC1c2ccccc2-c2ccccc21)c1nc(C(=O)O)cs1. The lowest BCUT2D eigenvalue weighted by atomic mass is 9.92. The zero-order valence-electron chi connectivity index (χ0n) is 19.7. The average Bonchev–Trinajstić information content (AvgIpc) is 3.45. The van der Waals surface area contributed by atoms with Gasteiger partial charge >= 0.3 is 12.1 Å². The van der Waals surface area contributed by atoms with Crippen molar-refractivity contribution in [2.75, 3.05) is 13.2 Å². The van der Waals surface area contributed by atoms with E-state index in [4.69, 9.17) is 9.84 Å². The molecule has 0 saturated heterocycles. The van der Waals surface area contributed by atoms with Crippen LogP contribution >= 0.6 is 11.3 Å². The molecule has 1 heterocycles. The molecule has 8 nitrogen and oxygen atoms in total. The summed E-state index contributed by atoms with van der Waals surface area (Å²) in [6.07, 6.45) is -0.591. The van der Waals surface area contributed by atoms with Crippen molar-refractivity contribution in [1.29, 1.82) is 0 Å². The van der Waals surface area contributed by atoms with Gasteiger partial charge in [0.1, 0.15) is 11.6 Å². The number of hydrogen-bond acceptors (Lipinski definition) is 6. The molecule has 1 aliphatic rings. The Kier molecular flexibility index (Phi) is 6.88. The summed E-state index contributed by atoms with van der Waals surface area (Å²) in [5, 5.41) is 16.5. The molecule has 1 aromatic heterocycles. The van der Waals surface area contributed by atoms with Crippen LogP contribution in [0.2, 0.25) is 0 Å². The van der Waals surface area contributed by atoms with Crippen molar-refractivity contribution in [2.45, 2.75) is 32.7 Å². The van der Waals surface area contributed by atoms with Crippen molar-refractivity contribution in [3.8, 4) is 11.1 Å². The normalized spacial score (nSPS) is 13.5. The summed E-state index contributed by atoms with van der Waals surface area (Å²) < 4.78 is 5.54. The molecule has 0 aliphatic heterocycles. The van der Waals surface area contributed by atoms with Crippen molar-refractivity contribution in [3.05, 3.63) is 75.7 Å². The summed E-state index contributed by atoms with van der Waals surface area (Å²) in [7, 11) is 0. The monoisotopic (exact) mass is 493 g/mol. The zero-order valence-corrected chi connectivity index (χ0v) is 20.5. The first-order chi connectivity index (χ1) is 16.7. The fraction of sp³-hybridized carbons (Fsp3) is 0.308. The standard InChI is InChI=1S/C26H27N3O5S/c1-15(22-29-21(13-35-22)23(30)31)28-24(32)26(2,3)14-27-25(33)34-12-20-18-10-6-4-8-16(18)17-9-5-7-11-19(17)20/h4-11,13,15,20H,12,14H2,1-3H3,(H,27,33)(H,28,32)(H,30,31). The molecule has 35 heavy (non-hydrogen) atoms. The van der Waals surface area contributed by atoms with E-state index in [-0.39, 0.29) is 30.7 Å². The zero-order chi connectivity index (χ0) is 25.2. The van der Waals surface area contributed by atoms with Crippen LogP contribution in [0.1, 0.15) is 59.4 Å². The molecule has 9 heteroatoms. The Labute approximate surface area is 207 Å². The molecule has 2 amide bonds. The van der Waals surface area contributed by atoms with Gasteiger partial charge in [0.05, 0.1) is 11.5 Å². The fourth-order valence-corrected chi connectivity index (χ4v) is 4.86. The Morgan fingerprint density at radius 1 is 1.09 bits per heavy atom. The number of carbonyl (C=O) groups is 3. The molecule has 0 saturated carbocycles. The van der Waals surface area contributed by atoms with Crippen LogP contribution in [-0.4, -0.2) is 41.2 Å². The van der Waals surface area contributed by atoms with E-state index in [0.29, 0.717) is 5.01 Å². The van der Waals surface area contributed by atoms with Crippen molar-refractivity contribution in [3.63, 3.8) is 0 Å². The number of carboxylic acids is 1. The van der Waals surface area contributed by atoms with Gasteiger partial charge in [-0.15, -0.1) is 11.3 Å². The summed E-state index contributed by atoms with van der Waals surface area (Å²) in [4.78, 5) is 40.3. The number of hydrogen-bond donors (Lipinski definition) is 3. The molecular formula is C26H27N3O5S. The Bertz CT molecular complexity index is 1220. The minimum absolute atomic E-state index is 0.0423. The van der Waals surface area contributed by atoms with Gasteiger partial charge in [0.15, 0.2) is 5.69 Å². The van der Waals surface area contributed by atoms with Gasteiger partial charge in [-0.2, -0.15) is 0 Å². The van der Waals surface area contributed by atoms with E-state index in [1.54, 1.807) is 20.8 Å². The predicted molar refractivity (Wildman–Crippen MR) is 132 cm³/mol. The molecule has 4 rings (SSSR count). The number of nitrogens with one attached hydrogen (secondary N) is 2. The predicted octanol–water partition coefficient (Wildman–Crippen LogP) is 4.58. The van der Waals surface area contributed by atoms with E-state index in [1.165, 1.54) is 16.7 Å². The highest BCUT2D eigenvalue weighted by atomic mass is 32.1. The second-order valence-corrected chi connectivity index (χ2v) is 10.0. The third kappa shape index (κ3) is 5.19. The lowest BCUT2D eigenvalue weighted by Crippen LogP contribution is -2.45. The van der Waals surface area contributed by atoms with Gasteiger partial charge in [-0.1, -0.05) is 48.5 Å². The molecule has 3 aromatic rings. The van der Waals surface area contributed by atoms with E-state index in [1.807, 2.05) is 24.3 Å². The molecule has 3 N–H and O–H groups in total. The number of ether oxygens (including phenoxy) is 1. The number of amides is 2. The van der Waals surface area contributed by atoms with Gasteiger partial charge in [-0.3, -0.25) is 4.79 Å². The molecule has 182 valence electrons. The second-order valence-electron chi connectivity index (χ2n) is 9.13. The van der Waals surface area contributed by atoms with Crippen molar-refractivity contribution >= 4 is 29.3 Å². The number of carbonyl (C=O) groups excluding carboxylic acids is 2. The highest BCUT2D eigenvalue weighted by Gasteiger charge is 2.32. The smallest absolute Gasteiger partial charge is 0.407 e. The molecule has 0 fully saturated rings. The van der Waals surface area contributed by atoms with Crippen LogP contribution in [0, 0.1) is 5.41 Å². The van der Waals surface area contributed by atoms with Crippen LogP contribution in [0.25, 0.3) is 11.1 Å². The lowest BCUT2D eigenvalue weighted by Gasteiger charge is -2.25. The van der Waals surface area contributed by atoms with E-state index >= 15 is 0 Å². The van der Waals surface area contributed by atoms with Gasteiger partial charge in [0, 0.05) is 17.8 Å². The molecule has 1 unspecified atom stereocenters. The molecular weight excluding hydrogens is 466 g/mol. The largest absolute Gasteiger partial charge is 0.476 e. The van der Waals surface area contributed by atoms with Gasteiger partial charge in [-0.05, 0) is 43.0 Å². The van der Waals surface area contributed by atoms with Crippen molar-refractivity contribution < 1.29 is 24.2 Å². The molecule has 0 bridgehead atoms. The number of thiazole rings is 1. The Hall–Kier alpha value is -3.72. The van der Waals surface area contributed by atoms with Crippen LogP contribution in [0.5, 0.6) is 0 Å². The number of nitrogens with zero attached hydrogens (tertiary/aromatic N) is 1. The first-order valence-electron chi connectivity index (χ1n) is 11.3. The molecule has 0 spiro atoms. The van der Waals surface area contributed by atoms with E-state index in [9.17, 15) is 14.4 Å². The third-order valence-corrected chi connectivity index (χ3v) is 7.12. The van der Waals surface area contributed by atoms with Crippen LogP contribution < -0.4 is 10.6 Å². The first-order valence-corrected chi connectivity index (χ1v) is 12.1. The van der Waals surface area contributed by atoms with Gasteiger partial charge in [0.25, 0.3) is 0 Å². The van der Waals surface area contributed by atoms with Crippen molar-refractivity contribution in [1.82, 2.24) is 15.6 Å². The van der Waals surface area contributed by atoms with Crippen LogP contribution in [0.15, 0.2) is 53.9 Å². The maximum absolute atomic E-state index is 12.8. The lowest BCUT2D eigenvalue weighted by molar-refractivity contribution is -0.129. The summed E-state index contributed by atoms with van der Waals surface area (Å²) >= 11 is 1.17. The highest BCUT2D eigenvalue weighted by Crippen LogP contribution is 2.44. The molecule has 0 radical (unpaired) electrons. The Morgan fingerprint density at radius 3 is 2.26 bits per heavy atom. The van der Waals surface area contributed by atoms with Gasteiger partial charge in [0.2, 0.25) is 5.91 Å². The molecule has 1 atom stereocenters. The Morgan fingerprint density at radius 2 is 1.69 bits per heavy atom. The van der Waals surface area contributed by atoms with Crippen LogP contribution in [0.3, 0.4) is 0 Å².